The third kappa shape index (κ3) is 3.15. The van der Waals surface area contributed by atoms with E-state index in [1.54, 1.807) is 12.3 Å². The lowest BCUT2D eigenvalue weighted by atomic mass is 10.0. The summed E-state index contributed by atoms with van der Waals surface area (Å²) in [6, 6.07) is 8.53. The number of aryl methyl sites for hydroxylation is 1. The van der Waals surface area contributed by atoms with E-state index in [-0.39, 0.29) is 11.9 Å². The minimum Gasteiger partial charge on any atom is -0.324 e. The standard InChI is InChI=1S/C14H14BrFN2/c1-9-2-5-12(13(16)6-9)14(17)7-11-4-3-10(15)8-18-11/h2-6,8,14H,7,17H2,1H3. The largest absolute Gasteiger partial charge is 0.324 e. The van der Waals surface area contributed by atoms with E-state index >= 15 is 0 Å². The zero-order valence-corrected chi connectivity index (χ0v) is 11.6. The lowest BCUT2D eigenvalue weighted by molar-refractivity contribution is 0.577. The van der Waals surface area contributed by atoms with Gasteiger partial charge < -0.3 is 5.73 Å². The summed E-state index contributed by atoms with van der Waals surface area (Å²) < 4.78 is 14.7. The van der Waals surface area contributed by atoms with Crippen LogP contribution >= 0.6 is 15.9 Å². The van der Waals surface area contributed by atoms with Crippen molar-refractivity contribution in [1.29, 1.82) is 0 Å². The Morgan fingerprint density at radius 1 is 1.33 bits per heavy atom. The number of pyridine rings is 1. The fraction of sp³-hybridized carbons (Fsp3) is 0.214. The van der Waals surface area contributed by atoms with Crippen molar-refractivity contribution in [3.63, 3.8) is 0 Å². The van der Waals surface area contributed by atoms with Gasteiger partial charge in [-0.25, -0.2) is 4.39 Å². The molecule has 2 aromatic rings. The minimum atomic E-state index is -0.376. The minimum absolute atomic E-state index is 0.250. The molecule has 0 aliphatic heterocycles. The van der Waals surface area contributed by atoms with Crippen molar-refractivity contribution in [1.82, 2.24) is 4.98 Å². The molecule has 0 aliphatic carbocycles. The molecule has 0 saturated carbocycles. The van der Waals surface area contributed by atoms with Crippen LogP contribution < -0.4 is 5.73 Å². The van der Waals surface area contributed by atoms with Crippen molar-refractivity contribution in [3.05, 3.63) is 63.6 Å². The fourth-order valence-corrected chi connectivity index (χ4v) is 2.03. The highest BCUT2D eigenvalue weighted by molar-refractivity contribution is 9.10. The maximum Gasteiger partial charge on any atom is 0.128 e. The van der Waals surface area contributed by atoms with Crippen molar-refractivity contribution in [2.24, 2.45) is 5.73 Å². The van der Waals surface area contributed by atoms with E-state index in [0.29, 0.717) is 12.0 Å². The van der Waals surface area contributed by atoms with Gasteiger partial charge in [-0.15, -0.1) is 0 Å². The average molecular weight is 309 g/mol. The van der Waals surface area contributed by atoms with Crippen LogP contribution in [0.1, 0.15) is 22.9 Å². The molecule has 1 atom stereocenters. The molecule has 0 aliphatic rings. The van der Waals surface area contributed by atoms with Gasteiger partial charge in [0.05, 0.1) is 0 Å². The molecule has 0 amide bonds. The maximum absolute atomic E-state index is 13.8. The normalized spacial score (nSPS) is 12.4. The lowest BCUT2D eigenvalue weighted by Crippen LogP contribution is -2.15. The van der Waals surface area contributed by atoms with Crippen LogP contribution in [-0.2, 0) is 6.42 Å². The summed E-state index contributed by atoms with van der Waals surface area (Å²) in [5.74, 6) is -0.250. The Morgan fingerprint density at radius 2 is 2.11 bits per heavy atom. The van der Waals surface area contributed by atoms with Crippen molar-refractivity contribution in [2.45, 2.75) is 19.4 Å². The van der Waals surface area contributed by atoms with Crippen LogP contribution in [0.2, 0.25) is 0 Å². The van der Waals surface area contributed by atoms with Crippen LogP contribution in [0.4, 0.5) is 4.39 Å². The molecule has 2 nitrogen and oxygen atoms in total. The third-order valence-electron chi connectivity index (χ3n) is 2.77. The summed E-state index contributed by atoms with van der Waals surface area (Å²) in [7, 11) is 0. The molecule has 94 valence electrons. The molecule has 1 unspecified atom stereocenters. The highest BCUT2D eigenvalue weighted by Crippen LogP contribution is 2.20. The van der Waals surface area contributed by atoms with E-state index in [9.17, 15) is 4.39 Å². The summed E-state index contributed by atoms with van der Waals surface area (Å²) in [5, 5.41) is 0. The van der Waals surface area contributed by atoms with Gasteiger partial charge in [-0.1, -0.05) is 12.1 Å². The molecule has 2 rings (SSSR count). The van der Waals surface area contributed by atoms with Gasteiger partial charge >= 0.3 is 0 Å². The van der Waals surface area contributed by atoms with Crippen LogP contribution in [0, 0.1) is 12.7 Å². The Hall–Kier alpha value is -1.26. The van der Waals surface area contributed by atoms with Crippen molar-refractivity contribution < 1.29 is 4.39 Å². The molecule has 4 heteroatoms. The molecule has 1 aromatic carbocycles. The van der Waals surface area contributed by atoms with E-state index < -0.39 is 0 Å². The SMILES string of the molecule is Cc1ccc(C(N)Cc2ccc(Br)cn2)c(F)c1. The van der Waals surface area contributed by atoms with E-state index in [4.69, 9.17) is 5.73 Å². The molecule has 0 fully saturated rings. The molecule has 0 bridgehead atoms. The van der Waals surface area contributed by atoms with Gasteiger partial charge in [0, 0.05) is 34.4 Å². The zero-order chi connectivity index (χ0) is 13.1. The second-order valence-electron chi connectivity index (χ2n) is 4.30. The number of hydrogen-bond acceptors (Lipinski definition) is 2. The first kappa shape index (κ1) is 13.2. The molecule has 1 heterocycles. The maximum atomic E-state index is 13.8. The Kier molecular flexibility index (Phi) is 4.09. The number of hydrogen-bond donors (Lipinski definition) is 1. The van der Waals surface area contributed by atoms with Crippen LogP contribution in [0.5, 0.6) is 0 Å². The second-order valence-corrected chi connectivity index (χ2v) is 5.22. The van der Waals surface area contributed by atoms with Gasteiger partial charge in [0.15, 0.2) is 0 Å². The highest BCUT2D eigenvalue weighted by Gasteiger charge is 2.12. The number of aromatic nitrogens is 1. The molecular formula is C14H14BrFN2. The summed E-state index contributed by atoms with van der Waals surface area (Å²) >= 11 is 3.32. The van der Waals surface area contributed by atoms with Crippen molar-refractivity contribution in [2.75, 3.05) is 0 Å². The van der Waals surface area contributed by atoms with Gasteiger partial charge in [-0.3, -0.25) is 4.98 Å². The summed E-state index contributed by atoms with van der Waals surface area (Å²) in [6.45, 7) is 1.86. The predicted molar refractivity (Wildman–Crippen MR) is 73.7 cm³/mol. The first-order chi connectivity index (χ1) is 8.56. The van der Waals surface area contributed by atoms with E-state index in [1.807, 2.05) is 25.1 Å². The molecule has 2 N–H and O–H groups in total. The van der Waals surface area contributed by atoms with Gasteiger partial charge in [0.2, 0.25) is 0 Å². The lowest BCUT2D eigenvalue weighted by Gasteiger charge is -2.13. The molecular weight excluding hydrogens is 295 g/mol. The van der Waals surface area contributed by atoms with Crippen LogP contribution in [0.25, 0.3) is 0 Å². The zero-order valence-electron chi connectivity index (χ0n) is 10.0. The number of halogens is 2. The Labute approximate surface area is 114 Å². The van der Waals surface area contributed by atoms with Crippen molar-refractivity contribution >= 4 is 15.9 Å². The third-order valence-corrected chi connectivity index (χ3v) is 3.24. The van der Waals surface area contributed by atoms with Crippen LogP contribution in [0.3, 0.4) is 0 Å². The van der Waals surface area contributed by atoms with Gasteiger partial charge in [0.25, 0.3) is 0 Å². The Morgan fingerprint density at radius 3 is 2.72 bits per heavy atom. The smallest absolute Gasteiger partial charge is 0.128 e. The van der Waals surface area contributed by atoms with Crippen LogP contribution in [-0.4, -0.2) is 4.98 Å². The second kappa shape index (κ2) is 5.59. The summed E-state index contributed by atoms with van der Waals surface area (Å²) in [5.41, 5.74) is 8.30. The van der Waals surface area contributed by atoms with Gasteiger partial charge in [-0.2, -0.15) is 0 Å². The average Bonchev–Trinajstić information content (AvgIpc) is 2.32. The Bertz CT molecular complexity index is 540. The summed E-state index contributed by atoms with van der Waals surface area (Å²) in [6.07, 6.45) is 2.24. The highest BCUT2D eigenvalue weighted by atomic mass is 79.9. The first-order valence-corrected chi connectivity index (χ1v) is 6.47. The summed E-state index contributed by atoms with van der Waals surface area (Å²) in [4.78, 5) is 4.24. The Balaban J connectivity index is 2.16. The van der Waals surface area contributed by atoms with Crippen LogP contribution in [0.15, 0.2) is 41.0 Å². The molecule has 0 spiro atoms. The molecule has 1 aromatic heterocycles. The molecule has 0 radical (unpaired) electrons. The fourth-order valence-electron chi connectivity index (χ4n) is 1.80. The number of nitrogens with two attached hydrogens (primary N) is 1. The topological polar surface area (TPSA) is 38.9 Å². The monoisotopic (exact) mass is 308 g/mol. The number of benzene rings is 1. The number of nitrogens with zero attached hydrogens (tertiary/aromatic N) is 1. The van der Waals surface area contributed by atoms with E-state index in [1.165, 1.54) is 6.07 Å². The van der Waals surface area contributed by atoms with Crippen molar-refractivity contribution in [3.8, 4) is 0 Å². The quantitative estimate of drug-likeness (QED) is 0.942. The molecule has 18 heavy (non-hydrogen) atoms. The van der Waals surface area contributed by atoms with E-state index in [0.717, 1.165) is 15.7 Å². The molecule has 0 saturated heterocycles. The van der Waals surface area contributed by atoms with Gasteiger partial charge in [0.1, 0.15) is 5.82 Å². The predicted octanol–water partition coefficient (Wildman–Crippen LogP) is 3.53. The first-order valence-electron chi connectivity index (χ1n) is 5.68. The van der Waals surface area contributed by atoms with Gasteiger partial charge in [-0.05, 0) is 46.6 Å². The van der Waals surface area contributed by atoms with E-state index in [2.05, 4.69) is 20.9 Å². The number of rotatable bonds is 3.